The van der Waals surface area contributed by atoms with Crippen LogP contribution in [0.1, 0.15) is 31.0 Å². The summed E-state index contributed by atoms with van der Waals surface area (Å²) in [7, 11) is -3.68. The number of rotatable bonds is 7. The van der Waals surface area contributed by atoms with Gasteiger partial charge in [-0.1, -0.05) is 18.2 Å². The van der Waals surface area contributed by atoms with Crippen LogP contribution in [-0.2, 0) is 16.6 Å². The van der Waals surface area contributed by atoms with Gasteiger partial charge in [0.05, 0.1) is 17.8 Å². The fraction of sp³-hybridized carbons (Fsp3) is 0.294. The molecule has 0 aliphatic heterocycles. The van der Waals surface area contributed by atoms with Crippen LogP contribution in [0, 0.1) is 11.3 Å². The van der Waals surface area contributed by atoms with E-state index >= 15 is 0 Å². The minimum absolute atomic E-state index is 0.0836. The second-order valence-corrected chi connectivity index (χ2v) is 7.58. The Morgan fingerprint density at radius 2 is 2.04 bits per heavy atom. The van der Waals surface area contributed by atoms with Crippen molar-refractivity contribution < 1.29 is 8.42 Å². The van der Waals surface area contributed by atoms with Gasteiger partial charge in [0.1, 0.15) is 4.90 Å². The maximum Gasteiger partial charge on any atom is 0.246 e. The first kappa shape index (κ1) is 17.9. The van der Waals surface area contributed by atoms with Crippen LogP contribution >= 0.6 is 0 Å². The van der Waals surface area contributed by atoms with E-state index in [1.165, 1.54) is 16.7 Å². The van der Waals surface area contributed by atoms with Gasteiger partial charge in [-0.2, -0.15) is 14.7 Å². The predicted octanol–water partition coefficient (Wildman–Crippen LogP) is 2.71. The molecule has 0 saturated carbocycles. The quantitative estimate of drug-likeness (QED) is 0.723. The first-order valence-electron chi connectivity index (χ1n) is 7.52. The molecule has 0 saturated heterocycles. The maximum absolute atomic E-state index is 12.9. The van der Waals surface area contributed by atoms with E-state index in [9.17, 15) is 8.42 Å². The number of hydrogen-bond donors (Lipinski definition) is 0. The Labute approximate surface area is 142 Å². The van der Waals surface area contributed by atoms with Gasteiger partial charge in [0.15, 0.2) is 0 Å². The van der Waals surface area contributed by atoms with E-state index in [-0.39, 0.29) is 24.0 Å². The van der Waals surface area contributed by atoms with Gasteiger partial charge in [-0.15, -0.1) is 6.58 Å². The Balaban J connectivity index is 2.30. The number of nitrogens with zero attached hydrogens (tertiary/aromatic N) is 4. The highest BCUT2D eigenvalue weighted by Crippen LogP contribution is 2.19. The van der Waals surface area contributed by atoms with Gasteiger partial charge < -0.3 is 0 Å². The molecule has 24 heavy (non-hydrogen) atoms. The molecule has 0 amide bonds. The van der Waals surface area contributed by atoms with Crippen LogP contribution in [0.2, 0.25) is 0 Å². The smallest absolute Gasteiger partial charge is 0.246 e. The third kappa shape index (κ3) is 3.91. The first-order chi connectivity index (χ1) is 11.4. The maximum atomic E-state index is 12.9. The Kier molecular flexibility index (Phi) is 5.54. The molecular formula is C17H20N4O2S. The molecule has 2 aromatic rings. The molecule has 0 spiro atoms. The summed E-state index contributed by atoms with van der Waals surface area (Å²) in [6, 6.07) is 8.97. The van der Waals surface area contributed by atoms with Crippen LogP contribution < -0.4 is 0 Å². The Bertz CT molecular complexity index is 845. The highest BCUT2D eigenvalue weighted by molar-refractivity contribution is 7.89. The second-order valence-electron chi connectivity index (χ2n) is 5.64. The third-order valence-electron chi connectivity index (χ3n) is 3.52. The largest absolute Gasteiger partial charge is 0.269 e. The highest BCUT2D eigenvalue weighted by Gasteiger charge is 2.25. The van der Waals surface area contributed by atoms with Crippen LogP contribution in [0.3, 0.4) is 0 Å². The molecule has 0 atom stereocenters. The molecule has 7 heteroatoms. The molecule has 0 fully saturated rings. The van der Waals surface area contributed by atoms with Gasteiger partial charge in [0.2, 0.25) is 10.0 Å². The monoisotopic (exact) mass is 344 g/mol. The zero-order valence-electron chi connectivity index (χ0n) is 13.8. The molecule has 1 aromatic carbocycles. The van der Waals surface area contributed by atoms with E-state index in [1.807, 2.05) is 19.9 Å². The van der Waals surface area contributed by atoms with Crippen molar-refractivity contribution in [2.75, 3.05) is 6.54 Å². The number of sulfonamides is 1. The zero-order chi connectivity index (χ0) is 17.7. The van der Waals surface area contributed by atoms with Gasteiger partial charge in [-0.3, -0.25) is 4.68 Å². The van der Waals surface area contributed by atoms with Crippen LogP contribution in [0.4, 0.5) is 0 Å². The van der Waals surface area contributed by atoms with Crippen LogP contribution in [0.25, 0.3) is 0 Å². The SMILES string of the molecule is C=CCN(Cc1ccc(C#N)cc1)S(=O)(=O)c1cnn(C(C)C)c1. The van der Waals surface area contributed by atoms with Crippen molar-refractivity contribution in [3.05, 3.63) is 60.4 Å². The number of hydrogen-bond acceptors (Lipinski definition) is 4. The van der Waals surface area contributed by atoms with E-state index in [0.717, 1.165) is 5.56 Å². The fourth-order valence-electron chi connectivity index (χ4n) is 2.17. The molecule has 0 bridgehead atoms. The number of aromatic nitrogens is 2. The van der Waals surface area contributed by atoms with Gasteiger partial charge in [0.25, 0.3) is 0 Å². The van der Waals surface area contributed by atoms with Crippen LogP contribution in [-0.4, -0.2) is 29.0 Å². The molecule has 0 aliphatic rings. The van der Waals surface area contributed by atoms with E-state index in [1.54, 1.807) is 35.0 Å². The summed E-state index contributed by atoms with van der Waals surface area (Å²) < 4.78 is 28.7. The molecule has 0 unspecified atom stereocenters. The van der Waals surface area contributed by atoms with Crippen molar-refractivity contribution in [3.8, 4) is 6.07 Å². The lowest BCUT2D eigenvalue weighted by molar-refractivity contribution is 0.438. The molecule has 6 nitrogen and oxygen atoms in total. The van der Waals surface area contributed by atoms with Crippen LogP contribution in [0.15, 0.2) is 54.2 Å². The fourth-order valence-corrected chi connectivity index (χ4v) is 3.51. The Hall–Kier alpha value is -2.43. The molecule has 2 rings (SSSR count). The van der Waals surface area contributed by atoms with E-state index < -0.39 is 10.0 Å². The average Bonchev–Trinajstić information content (AvgIpc) is 3.06. The average molecular weight is 344 g/mol. The summed E-state index contributed by atoms with van der Waals surface area (Å²) in [6.45, 7) is 7.90. The Morgan fingerprint density at radius 3 is 2.54 bits per heavy atom. The lowest BCUT2D eigenvalue weighted by Crippen LogP contribution is -2.30. The molecule has 0 radical (unpaired) electrons. The lowest BCUT2D eigenvalue weighted by atomic mass is 10.1. The van der Waals surface area contributed by atoms with Gasteiger partial charge in [-0.05, 0) is 31.5 Å². The number of nitriles is 1. The predicted molar refractivity (Wildman–Crippen MR) is 91.6 cm³/mol. The standard InChI is InChI=1S/C17H20N4O2S/c1-4-9-20(12-16-7-5-15(10-18)6-8-16)24(22,23)17-11-19-21(13-17)14(2)3/h4-8,11,13-14H,1,9,12H2,2-3H3. The van der Waals surface area contributed by atoms with Crippen molar-refractivity contribution in [1.82, 2.24) is 14.1 Å². The van der Waals surface area contributed by atoms with E-state index in [0.29, 0.717) is 5.56 Å². The summed E-state index contributed by atoms with van der Waals surface area (Å²) in [4.78, 5) is 0.159. The third-order valence-corrected chi connectivity index (χ3v) is 5.28. The summed E-state index contributed by atoms with van der Waals surface area (Å²) in [6.07, 6.45) is 4.45. The molecule has 1 heterocycles. The minimum Gasteiger partial charge on any atom is -0.269 e. The van der Waals surface area contributed by atoms with Crippen LogP contribution in [0.5, 0.6) is 0 Å². The summed E-state index contributed by atoms with van der Waals surface area (Å²) >= 11 is 0. The normalized spacial score (nSPS) is 11.6. The van der Waals surface area contributed by atoms with Crippen molar-refractivity contribution >= 4 is 10.0 Å². The lowest BCUT2D eigenvalue weighted by Gasteiger charge is -2.20. The van der Waals surface area contributed by atoms with Crippen molar-refractivity contribution in [1.29, 1.82) is 5.26 Å². The van der Waals surface area contributed by atoms with Gasteiger partial charge >= 0.3 is 0 Å². The van der Waals surface area contributed by atoms with Crippen molar-refractivity contribution in [3.63, 3.8) is 0 Å². The first-order valence-corrected chi connectivity index (χ1v) is 8.96. The summed E-state index contributed by atoms with van der Waals surface area (Å²) in [5, 5.41) is 12.9. The number of benzene rings is 1. The molecule has 0 N–H and O–H groups in total. The Morgan fingerprint density at radius 1 is 1.38 bits per heavy atom. The van der Waals surface area contributed by atoms with Gasteiger partial charge in [-0.25, -0.2) is 8.42 Å². The van der Waals surface area contributed by atoms with Crippen molar-refractivity contribution in [2.45, 2.75) is 31.3 Å². The molecule has 0 aliphatic carbocycles. The summed E-state index contributed by atoms with van der Waals surface area (Å²) in [5.74, 6) is 0. The zero-order valence-corrected chi connectivity index (χ0v) is 14.6. The van der Waals surface area contributed by atoms with E-state index in [2.05, 4.69) is 11.7 Å². The van der Waals surface area contributed by atoms with E-state index in [4.69, 9.17) is 5.26 Å². The molecule has 126 valence electrons. The minimum atomic E-state index is -3.68. The molecule has 1 aromatic heterocycles. The van der Waals surface area contributed by atoms with Crippen molar-refractivity contribution in [2.24, 2.45) is 0 Å². The molecular weight excluding hydrogens is 324 g/mol. The van der Waals surface area contributed by atoms with Gasteiger partial charge in [0, 0.05) is 25.3 Å². The highest BCUT2D eigenvalue weighted by atomic mass is 32.2. The second kappa shape index (κ2) is 7.43. The topological polar surface area (TPSA) is 79.0 Å². The summed E-state index contributed by atoms with van der Waals surface area (Å²) in [5.41, 5.74) is 1.34.